The lowest BCUT2D eigenvalue weighted by atomic mass is 10.0. The number of aryl methyl sites for hydroxylation is 2. The van der Waals surface area contributed by atoms with Crippen LogP contribution in [-0.2, 0) is 19.3 Å². The largest absolute Gasteiger partial charge is 0.237 e. The second kappa shape index (κ2) is 3.95. The Morgan fingerprint density at radius 1 is 1.06 bits per heavy atom. The molecule has 2 heteroatoms. The predicted octanol–water partition coefficient (Wildman–Crippen LogP) is 3.17. The fourth-order valence-corrected chi connectivity index (χ4v) is 2.57. The normalized spacial score (nSPS) is 12.4. The molecule has 0 bridgehead atoms. The molecule has 0 atom stereocenters. The van der Waals surface area contributed by atoms with Crippen molar-refractivity contribution in [3.05, 3.63) is 47.0 Å². The van der Waals surface area contributed by atoms with Gasteiger partial charge in [0, 0.05) is 18.4 Å². The van der Waals surface area contributed by atoms with Gasteiger partial charge in [-0.3, -0.25) is 0 Å². The van der Waals surface area contributed by atoms with Crippen molar-refractivity contribution in [3.63, 3.8) is 0 Å². The second-order valence-electron chi connectivity index (χ2n) is 4.45. The van der Waals surface area contributed by atoms with Crippen LogP contribution in [0, 0.1) is 0 Å². The van der Waals surface area contributed by atoms with Crippen LogP contribution in [0.4, 0.5) is 0 Å². The summed E-state index contributed by atoms with van der Waals surface area (Å²) >= 11 is 0. The molecule has 0 unspecified atom stereocenters. The van der Waals surface area contributed by atoms with Crippen molar-refractivity contribution >= 4 is 0 Å². The number of aromatic nitrogens is 2. The van der Waals surface area contributed by atoms with Gasteiger partial charge in [0.1, 0.15) is 5.82 Å². The van der Waals surface area contributed by atoms with Crippen LogP contribution in [0.1, 0.15) is 36.6 Å². The van der Waals surface area contributed by atoms with Crippen molar-refractivity contribution in [2.24, 2.45) is 0 Å². The molecule has 1 heterocycles. The quantitative estimate of drug-likeness (QED) is 0.668. The number of hydrogen-bond donors (Lipinski definition) is 0. The second-order valence-corrected chi connectivity index (χ2v) is 4.45. The van der Waals surface area contributed by atoms with Crippen LogP contribution in [0.2, 0.25) is 0 Å². The van der Waals surface area contributed by atoms with Gasteiger partial charge in [-0.1, -0.05) is 38.1 Å². The number of hydrogen-bond acceptors (Lipinski definition) is 2. The zero-order chi connectivity index (χ0) is 11.8. The van der Waals surface area contributed by atoms with Crippen LogP contribution >= 0.6 is 0 Å². The summed E-state index contributed by atoms with van der Waals surface area (Å²) in [5.74, 6) is 0.980. The fraction of sp³-hybridized carbons (Fsp3) is 0.333. The summed E-state index contributed by atoms with van der Waals surface area (Å²) in [6.45, 7) is 4.28. The van der Waals surface area contributed by atoms with Gasteiger partial charge in [0.05, 0.1) is 11.4 Å². The highest BCUT2D eigenvalue weighted by molar-refractivity contribution is 5.77. The topological polar surface area (TPSA) is 25.8 Å². The summed E-state index contributed by atoms with van der Waals surface area (Å²) in [4.78, 5) is 9.35. The molecule has 0 N–H and O–H groups in total. The molecule has 0 aliphatic heterocycles. The van der Waals surface area contributed by atoms with Crippen molar-refractivity contribution in [1.82, 2.24) is 9.97 Å². The third-order valence-corrected chi connectivity index (χ3v) is 3.40. The SMILES string of the molecule is CCc1nc(CC)c2c(n1)Cc1ccccc1-2. The zero-order valence-electron chi connectivity index (χ0n) is 10.3. The Morgan fingerprint density at radius 2 is 1.88 bits per heavy atom. The average Bonchev–Trinajstić information content (AvgIpc) is 2.75. The van der Waals surface area contributed by atoms with E-state index in [0.29, 0.717) is 0 Å². The van der Waals surface area contributed by atoms with E-state index in [1.807, 2.05) is 0 Å². The van der Waals surface area contributed by atoms with E-state index >= 15 is 0 Å². The molecule has 0 saturated heterocycles. The van der Waals surface area contributed by atoms with Crippen molar-refractivity contribution in [2.45, 2.75) is 33.1 Å². The minimum absolute atomic E-state index is 0.913. The minimum atomic E-state index is 0.913. The van der Waals surface area contributed by atoms with Crippen LogP contribution in [-0.4, -0.2) is 9.97 Å². The number of fused-ring (bicyclic) bond motifs is 3. The molecule has 1 aromatic carbocycles. The van der Waals surface area contributed by atoms with Crippen molar-refractivity contribution in [2.75, 3.05) is 0 Å². The first-order valence-electron chi connectivity index (χ1n) is 6.30. The Bertz CT molecular complexity index is 573. The Kier molecular flexibility index (Phi) is 2.43. The van der Waals surface area contributed by atoms with Gasteiger partial charge < -0.3 is 0 Å². The highest BCUT2D eigenvalue weighted by Gasteiger charge is 2.23. The molecular weight excluding hydrogens is 208 g/mol. The van der Waals surface area contributed by atoms with Crippen LogP contribution in [0.15, 0.2) is 24.3 Å². The van der Waals surface area contributed by atoms with Gasteiger partial charge in [0.25, 0.3) is 0 Å². The molecule has 0 saturated carbocycles. The van der Waals surface area contributed by atoms with Gasteiger partial charge in [-0.05, 0) is 17.5 Å². The number of nitrogens with zero attached hydrogens (tertiary/aromatic N) is 2. The Labute approximate surface area is 102 Å². The Morgan fingerprint density at radius 3 is 2.65 bits per heavy atom. The maximum Gasteiger partial charge on any atom is 0.128 e. The van der Waals surface area contributed by atoms with Crippen molar-refractivity contribution in [3.8, 4) is 11.1 Å². The highest BCUT2D eigenvalue weighted by atomic mass is 14.9. The van der Waals surface area contributed by atoms with Gasteiger partial charge in [-0.15, -0.1) is 0 Å². The number of rotatable bonds is 2. The van der Waals surface area contributed by atoms with E-state index in [1.54, 1.807) is 0 Å². The molecule has 0 amide bonds. The molecule has 1 aliphatic rings. The Hall–Kier alpha value is -1.70. The molecule has 0 radical (unpaired) electrons. The monoisotopic (exact) mass is 224 g/mol. The predicted molar refractivity (Wildman–Crippen MR) is 69.0 cm³/mol. The molecule has 2 nitrogen and oxygen atoms in total. The van der Waals surface area contributed by atoms with Crippen LogP contribution in [0.3, 0.4) is 0 Å². The standard InChI is InChI=1S/C15H16N2/c1-3-12-15-11-8-6-5-7-10(11)9-13(15)17-14(4-2)16-12/h5-8H,3-4,9H2,1-2H3. The first-order valence-corrected chi connectivity index (χ1v) is 6.30. The summed E-state index contributed by atoms with van der Waals surface area (Å²) < 4.78 is 0. The molecule has 17 heavy (non-hydrogen) atoms. The smallest absolute Gasteiger partial charge is 0.128 e. The van der Waals surface area contributed by atoms with Gasteiger partial charge in [0.2, 0.25) is 0 Å². The third kappa shape index (κ3) is 1.55. The summed E-state index contributed by atoms with van der Waals surface area (Å²) in [7, 11) is 0. The maximum absolute atomic E-state index is 4.68. The van der Waals surface area contributed by atoms with E-state index in [4.69, 9.17) is 0 Å². The zero-order valence-corrected chi connectivity index (χ0v) is 10.3. The van der Waals surface area contributed by atoms with Crippen LogP contribution < -0.4 is 0 Å². The van der Waals surface area contributed by atoms with E-state index in [9.17, 15) is 0 Å². The highest BCUT2D eigenvalue weighted by Crippen LogP contribution is 2.37. The molecule has 1 aliphatic carbocycles. The summed E-state index contributed by atoms with van der Waals surface area (Å²) in [5.41, 5.74) is 6.44. The van der Waals surface area contributed by atoms with Crippen molar-refractivity contribution < 1.29 is 0 Å². The molecule has 1 aromatic heterocycles. The summed E-state index contributed by atoms with van der Waals surface area (Å²) in [5, 5.41) is 0. The maximum atomic E-state index is 4.68. The van der Waals surface area contributed by atoms with E-state index in [-0.39, 0.29) is 0 Å². The fourth-order valence-electron chi connectivity index (χ4n) is 2.57. The van der Waals surface area contributed by atoms with Gasteiger partial charge in [0.15, 0.2) is 0 Å². The number of benzene rings is 1. The molecular formula is C15H16N2. The van der Waals surface area contributed by atoms with E-state index < -0.39 is 0 Å². The van der Waals surface area contributed by atoms with Crippen LogP contribution in [0.5, 0.6) is 0 Å². The lowest BCUT2D eigenvalue weighted by Crippen LogP contribution is -2.02. The molecule has 2 aromatic rings. The summed E-state index contributed by atoms with van der Waals surface area (Å²) in [6.07, 6.45) is 2.86. The molecule has 0 fully saturated rings. The van der Waals surface area contributed by atoms with Gasteiger partial charge in [-0.25, -0.2) is 9.97 Å². The molecule has 0 spiro atoms. The average molecular weight is 224 g/mol. The third-order valence-electron chi connectivity index (χ3n) is 3.40. The molecule has 86 valence electrons. The van der Waals surface area contributed by atoms with E-state index in [0.717, 1.165) is 25.1 Å². The minimum Gasteiger partial charge on any atom is -0.237 e. The van der Waals surface area contributed by atoms with E-state index in [2.05, 4.69) is 48.1 Å². The lowest BCUT2D eigenvalue weighted by Gasteiger charge is -2.08. The van der Waals surface area contributed by atoms with Crippen LogP contribution in [0.25, 0.3) is 11.1 Å². The lowest BCUT2D eigenvalue weighted by molar-refractivity contribution is 0.869. The van der Waals surface area contributed by atoms with E-state index in [1.165, 1.54) is 28.1 Å². The van der Waals surface area contributed by atoms with Gasteiger partial charge in [-0.2, -0.15) is 0 Å². The first kappa shape index (κ1) is 10.5. The van der Waals surface area contributed by atoms with Crippen molar-refractivity contribution in [1.29, 1.82) is 0 Å². The first-order chi connectivity index (χ1) is 8.33. The summed E-state index contributed by atoms with van der Waals surface area (Å²) in [6, 6.07) is 8.59. The van der Waals surface area contributed by atoms with Gasteiger partial charge >= 0.3 is 0 Å². The molecule has 3 rings (SSSR count). The Balaban J connectivity index is 2.25.